The number of ether oxygens (including phenoxy) is 4. The number of Topliss-reactive ketones (excluding diaryl/α,β-unsaturated/α-hetero) is 4. The van der Waals surface area contributed by atoms with Crippen molar-refractivity contribution in [2.45, 2.75) is 356 Å². The first-order valence-electron chi connectivity index (χ1n) is 43.1. The molecule has 0 aliphatic heterocycles. The Kier molecular flexibility index (Phi) is 61.6. The van der Waals surface area contributed by atoms with Gasteiger partial charge in [0.1, 0.15) is 46.2 Å². The monoisotopic (exact) mass is 2630 g/mol. The summed E-state index contributed by atoms with van der Waals surface area (Å²) in [5.74, 6) is 0.725. The van der Waals surface area contributed by atoms with Crippen LogP contribution in [0.1, 0.15) is 338 Å². The number of benzene rings is 4. The molecule has 0 saturated carbocycles. The molecule has 0 amide bonds. The maximum Gasteiger partial charge on any atom is 0.306 e. The molecule has 8 rings (SSSR count). The van der Waals surface area contributed by atoms with Gasteiger partial charge in [0.2, 0.25) is 0 Å². The van der Waals surface area contributed by atoms with Crippen LogP contribution in [0.2, 0.25) is 0 Å². The number of aryl methyl sites for hydroxylation is 4. The van der Waals surface area contributed by atoms with Crippen LogP contribution in [-0.4, -0.2) is 96.1 Å². The molecule has 4 aromatic carbocycles. The van der Waals surface area contributed by atoms with Crippen molar-refractivity contribution in [2.75, 3.05) is 28.4 Å². The zero-order chi connectivity index (χ0) is 93.4. The van der Waals surface area contributed by atoms with E-state index in [1.807, 2.05) is 111 Å². The van der Waals surface area contributed by atoms with Crippen LogP contribution in [0.25, 0.3) is 0 Å². The Morgan fingerprint density at radius 2 is 0.376 bits per heavy atom. The van der Waals surface area contributed by atoms with Crippen molar-refractivity contribution >= 4 is 47.0 Å². The fourth-order valence-electron chi connectivity index (χ4n) is 15.2. The molecule has 0 spiro atoms. The summed E-state index contributed by atoms with van der Waals surface area (Å²) >= 11 is 0. The van der Waals surface area contributed by atoms with Gasteiger partial charge in [-0.2, -0.15) is 0 Å². The van der Waals surface area contributed by atoms with E-state index in [1.54, 1.807) is 0 Å². The third kappa shape index (κ3) is 34.6. The molecule has 686 valence electrons. The van der Waals surface area contributed by atoms with Crippen LogP contribution in [0.3, 0.4) is 0 Å². The van der Waals surface area contributed by atoms with E-state index in [0.717, 1.165) is 56.0 Å². The molecule has 20 nitrogen and oxygen atoms in total. The number of ketones is 4. The Hall–Kier alpha value is -5.51. The van der Waals surface area contributed by atoms with Crippen LogP contribution in [0.5, 0.6) is 0 Å². The molecule has 2 unspecified atom stereocenters. The standard InChI is InChI=1S/C24H33NO4.3C23H31NO4.4C2H6.4U/c1-13-14(2)16(4)22(17(5)15(13)3)12-21(26)11-20(9-10-23(27)28-8)24-18(6)19(7)29-25-24;3*1-12-13(2)15(4)21(16(5)14(12)3)11-20(25)9-19(10-22(26)27-8)23-17(6)18(7)28-24-23;4*1-2;;;;/h20H,9-12H2,1-8H3;3*19H,9-11H2,1-8H3;4*1-2H3;;;;/t;2*19-;;;;;;;;;/m.10........./s1. The molecular weight excluding hydrogens is 2480 g/mol. The van der Waals surface area contributed by atoms with Crippen LogP contribution in [0, 0.1) is 318 Å². The van der Waals surface area contributed by atoms with Crippen molar-refractivity contribution in [3.63, 3.8) is 0 Å². The van der Waals surface area contributed by atoms with Gasteiger partial charge in [0, 0.05) is 228 Å². The van der Waals surface area contributed by atoms with Gasteiger partial charge in [0.15, 0.2) is 0 Å². The SMILES string of the molecule is CC.CC.CC.CC.COC(=O)CC(CC(=O)Cc1c(C)c(C)c(C)c(C)c1C)c1noc(C)c1C.COC(=O)CCC(CC(=O)Cc1c(C)c(C)c(C)c(C)c1C)c1noc(C)c1C.COC(=O)C[C@@H](CC(=O)Cc1c(C)c(C)c(C)c(C)c1C)c1noc(C)c1C.COC(=O)C[C@H](CC(=O)Cc1c(C)c(C)c(C)c(C)c1C)c1noc(C)c1C.[U].[U].[U].[U]. The average Bonchev–Trinajstić information content (AvgIpc) is 1.15. The molecule has 4 atom stereocenters. The van der Waals surface area contributed by atoms with E-state index in [0.29, 0.717) is 72.9 Å². The van der Waals surface area contributed by atoms with Gasteiger partial charge in [-0.15, -0.1) is 0 Å². The van der Waals surface area contributed by atoms with E-state index in [4.69, 9.17) is 37.0 Å². The van der Waals surface area contributed by atoms with Crippen LogP contribution in [0.15, 0.2) is 18.1 Å². The molecule has 0 radical (unpaired) electrons. The fraction of sp³-hybridized carbons (Fsp3) is 0.564. The first-order valence-corrected chi connectivity index (χ1v) is 43.1. The van der Waals surface area contributed by atoms with Crippen molar-refractivity contribution in [3.05, 3.63) is 202 Å². The van der Waals surface area contributed by atoms with E-state index in [-0.39, 0.29) is 240 Å². The molecular formula is C101H150N4O16U4. The van der Waals surface area contributed by atoms with E-state index in [1.165, 1.54) is 140 Å². The number of carbonyl (C=O) groups excluding carboxylic acids is 8. The number of nitrogens with zero attached hydrogens (tertiary/aromatic N) is 4. The minimum atomic E-state index is -0.354. The molecule has 4 heterocycles. The predicted octanol–water partition coefficient (Wildman–Crippen LogP) is 23.2. The predicted molar refractivity (Wildman–Crippen MR) is 485 cm³/mol. The number of methoxy groups -OCH3 is 4. The van der Waals surface area contributed by atoms with Crippen LogP contribution in [0.4, 0.5) is 0 Å². The first kappa shape index (κ1) is 126. The summed E-state index contributed by atoms with van der Waals surface area (Å²) in [4.78, 5) is 99.4. The van der Waals surface area contributed by atoms with E-state index >= 15 is 0 Å². The third-order valence-corrected chi connectivity index (χ3v) is 25.2. The topological polar surface area (TPSA) is 278 Å². The quantitative estimate of drug-likeness (QED) is 0.0311. The van der Waals surface area contributed by atoms with Gasteiger partial charge in [-0.1, -0.05) is 76.0 Å². The summed E-state index contributed by atoms with van der Waals surface area (Å²) in [5, 5.41) is 16.5. The molecule has 0 aliphatic rings. The summed E-state index contributed by atoms with van der Waals surface area (Å²) in [7, 11) is 5.44. The maximum absolute atomic E-state index is 13.1. The molecule has 125 heavy (non-hydrogen) atoms. The number of rotatable bonds is 29. The normalized spacial score (nSPS) is 11.2. The summed E-state index contributed by atoms with van der Waals surface area (Å²) in [6.07, 6.45) is 3.56. The second-order valence-electron chi connectivity index (χ2n) is 31.3. The molecule has 0 aliphatic carbocycles. The smallest absolute Gasteiger partial charge is 0.306 e. The van der Waals surface area contributed by atoms with Gasteiger partial charge in [-0.05, 0) is 334 Å². The molecule has 0 bridgehead atoms. The number of esters is 4. The van der Waals surface area contributed by atoms with Crippen molar-refractivity contribution in [2.24, 2.45) is 0 Å². The van der Waals surface area contributed by atoms with E-state index in [9.17, 15) is 38.4 Å². The van der Waals surface area contributed by atoms with Gasteiger partial charge < -0.3 is 37.0 Å². The van der Waals surface area contributed by atoms with E-state index < -0.39 is 0 Å². The number of aromatic nitrogens is 4. The Labute approximate surface area is 845 Å². The molecule has 0 N–H and O–H groups in total. The van der Waals surface area contributed by atoms with Gasteiger partial charge in [0.25, 0.3) is 0 Å². The van der Waals surface area contributed by atoms with Gasteiger partial charge >= 0.3 is 23.9 Å². The van der Waals surface area contributed by atoms with Gasteiger partial charge in [-0.25, -0.2) is 0 Å². The van der Waals surface area contributed by atoms with Gasteiger partial charge in [-0.3, -0.25) is 38.4 Å². The summed E-state index contributed by atoms with van der Waals surface area (Å²) in [6.45, 7) is 73.0. The average molecular weight is 2630 g/mol. The third-order valence-electron chi connectivity index (χ3n) is 25.2. The molecule has 0 saturated heterocycles. The van der Waals surface area contributed by atoms with Crippen LogP contribution >= 0.6 is 0 Å². The van der Waals surface area contributed by atoms with Gasteiger partial charge in [0.05, 0.1) is 70.5 Å². The largest absolute Gasteiger partial charge is 0.469 e. The Bertz CT molecular complexity index is 4400. The minimum absolute atomic E-state index is 0. The molecule has 0 fully saturated rings. The summed E-state index contributed by atoms with van der Waals surface area (Å²) in [5.41, 5.74) is 35.3. The minimum Gasteiger partial charge on any atom is -0.469 e. The number of hydrogen-bond donors (Lipinski definition) is 0. The second-order valence-corrected chi connectivity index (χ2v) is 31.3. The number of carbonyl (C=O) groups is 8. The van der Waals surface area contributed by atoms with Crippen molar-refractivity contribution in [1.29, 1.82) is 0 Å². The summed E-state index contributed by atoms with van der Waals surface area (Å²) in [6, 6.07) is 0. The Morgan fingerprint density at radius 1 is 0.224 bits per heavy atom. The Morgan fingerprint density at radius 3 is 0.528 bits per heavy atom. The van der Waals surface area contributed by atoms with Crippen LogP contribution < -0.4 is 0 Å². The first-order chi connectivity index (χ1) is 56.8. The van der Waals surface area contributed by atoms with Crippen molar-refractivity contribution < 1.29 is 200 Å². The van der Waals surface area contributed by atoms with E-state index in [2.05, 4.69) is 159 Å². The Balaban J connectivity index is -0.000000751. The maximum atomic E-state index is 13.1. The van der Waals surface area contributed by atoms with Crippen molar-refractivity contribution in [3.8, 4) is 0 Å². The summed E-state index contributed by atoms with van der Waals surface area (Å²) < 4.78 is 40.3. The fourth-order valence-corrected chi connectivity index (χ4v) is 15.2. The molecule has 24 heteroatoms. The van der Waals surface area contributed by atoms with Crippen LogP contribution in [-0.2, 0) is 83.0 Å². The molecule has 4 aromatic heterocycles. The zero-order valence-electron chi connectivity index (χ0n) is 83.8. The number of hydrogen-bond acceptors (Lipinski definition) is 20. The molecule has 8 aromatic rings. The second kappa shape index (κ2) is 61.2. The van der Waals surface area contributed by atoms with Crippen molar-refractivity contribution in [1.82, 2.24) is 20.6 Å². The zero-order valence-corrected chi connectivity index (χ0v) is 100.